The number of hydrogen-bond acceptors (Lipinski definition) is 5. The first kappa shape index (κ1) is 9.72. The molecule has 2 aliphatic rings. The molecule has 0 bridgehead atoms. The summed E-state index contributed by atoms with van der Waals surface area (Å²) in [5.74, 6) is 1.71. The number of aromatic nitrogens is 1. The molecule has 1 saturated heterocycles. The fraction of sp³-hybridized carbons (Fsp3) is 0.545. The summed E-state index contributed by atoms with van der Waals surface area (Å²) >= 11 is 0. The van der Waals surface area contributed by atoms with Crippen molar-refractivity contribution in [3.05, 3.63) is 12.1 Å². The van der Waals surface area contributed by atoms with Crippen molar-refractivity contribution in [1.29, 1.82) is 0 Å². The van der Waals surface area contributed by atoms with Gasteiger partial charge in [0.15, 0.2) is 5.82 Å². The zero-order chi connectivity index (χ0) is 11.0. The first-order chi connectivity index (χ1) is 7.88. The van der Waals surface area contributed by atoms with E-state index >= 15 is 0 Å². The standard InChI is InChI=1S/C11H16N4O/c1-16-10-3-2-9-11(14-10)15-5-4-12-6-8(15)7-13-9/h2-3,8,12-13H,4-7H2,1H3. The molecular formula is C11H16N4O. The summed E-state index contributed by atoms with van der Waals surface area (Å²) in [7, 11) is 1.65. The van der Waals surface area contributed by atoms with Crippen molar-refractivity contribution in [3.63, 3.8) is 0 Å². The Kier molecular flexibility index (Phi) is 2.32. The molecule has 3 rings (SSSR count). The van der Waals surface area contributed by atoms with Gasteiger partial charge in [0.25, 0.3) is 0 Å². The van der Waals surface area contributed by atoms with Crippen LogP contribution in [0.5, 0.6) is 5.88 Å². The fourth-order valence-corrected chi connectivity index (χ4v) is 2.35. The van der Waals surface area contributed by atoms with Crippen molar-refractivity contribution in [2.24, 2.45) is 0 Å². The summed E-state index contributed by atoms with van der Waals surface area (Å²) < 4.78 is 5.18. The van der Waals surface area contributed by atoms with E-state index < -0.39 is 0 Å². The van der Waals surface area contributed by atoms with Crippen molar-refractivity contribution in [3.8, 4) is 5.88 Å². The van der Waals surface area contributed by atoms with Crippen LogP contribution in [0.1, 0.15) is 0 Å². The van der Waals surface area contributed by atoms with Crippen molar-refractivity contribution in [2.75, 3.05) is 43.5 Å². The number of ether oxygens (including phenoxy) is 1. The van der Waals surface area contributed by atoms with E-state index in [1.54, 1.807) is 7.11 Å². The third-order valence-electron chi connectivity index (χ3n) is 3.21. The van der Waals surface area contributed by atoms with Crippen molar-refractivity contribution in [1.82, 2.24) is 10.3 Å². The molecule has 0 spiro atoms. The summed E-state index contributed by atoms with van der Waals surface area (Å²) in [4.78, 5) is 6.90. The molecule has 86 valence electrons. The SMILES string of the molecule is COc1ccc2c(n1)N1CCNCC1CN2. The van der Waals surface area contributed by atoms with Crippen LogP contribution in [0.25, 0.3) is 0 Å². The highest BCUT2D eigenvalue weighted by Gasteiger charge is 2.29. The molecule has 0 radical (unpaired) electrons. The molecule has 1 atom stereocenters. The molecule has 3 heterocycles. The third-order valence-corrected chi connectivity index (χ3v) is 3.21. The van der Waals surface area contributed by atoms with Gasteiger partial charge in [-0.2, -0.15) is 4.98 Å². The van der Waals surface area contributed by atoms with E-state index in [1.165, 1.54) is 0 Å². The lowest BCUT2D eigenvalue weighted by Gasteiger charge is -2.41. The predicted octanol–water partition coefficient (Wildman–Crippen LogP) is 0.294. The maximum Gasteiger partial charge on any atom is 0.215 e. The summed E-state index contributed by atoms with van der Waals surface area (Å²) in [6.45, 7) is 4.04. The van der Waals surface area contributed by atoms with Crippen molar-refractivity contribution in [2.45, 2.75) is 6.04 Å². The molecule has 2 N–H and O–H groups in total. The van der Waals surface area contributed by atoms with E-state index in [2.05, 4.69) is 20.5 Å². The highest BCUT2D eigenvalue weighted by atomic mass is 16.5. The second-order valence-corrected chi connectivity index (χ2v) is 4.16. The number of fused-ring (bicyclic) bond motifs is 3. The van der Waals surface area contributed by atoms with Gasteiger partial charge in [0.1, 0.15) is 0 Å². The number of rotatable bonds is 1. The number of nitrogens with one attached hydrogen (secondary N) is 2. The summed E-state index contributed by atoms with van der Waals surface area (Å²) in [6.07, 6.45) is 0. The van der Waals surface area contributed by atoms with Gasteiger partial charge in [-0.15, -0.1) is 0 Å². The molecule has 0 aromatic carbocycles. The average Bonchev–Trinajstić information content (AvgIpc) is 2.38. The first-order valence-electron chi connectivity index (χ1n) is 5.65. The molecule has 2 aliphatic heterocycles. The van der Waals surface area contributed by atoms with E-state index in [4.69, 9.17) is 4.74 Å². The van der Waals surface area contributed by atoms with Crippen LogP contribution in [0.2, 0.25) is 0 Å². The lowest BCUT2D eigenvalue weighted by Crippen LogP contribution is -2.56. The second kappa shape index (κ2) is 3.83. The molecule has 1 aromatic heterocycles. The first-order valence-corrected chi connectivity index (χ1v) is 5.65. The molecule has 0 saturated carbocycles. The Morgan fingerprint density at radius 2 is 2.38 bits per heavy atom. The Hall–Kier alpha value is -1.49. The molecule has 1 fully saturated rings. The monoisotopic (exact) mass is 220 g/mol. The number of hydrogen-bond donors (Lipinski definition) is 2. The largest absolute Gasteiger partial charge is 0.481 e. The highest BCUT2D eigenvalue weighted by Crippen LogP contribution is 2.31. The number of piperazine rings is 1. The van der Waals surface area contributed by atoms with Crippen LogP contribution in [0.15, 0.2) is 12.1 Å². The van der Waals surface area contributed by atoms with Gasteiger partial charge in [0, 0.05) is 32.2 Å². The van der Waals surface area contributed by atoms with E-state index in [0.717, 1.165) is 37.7 Å². The van der Waals surface area contributed by atoms with Gasteiger partial charge in [-0.3, -0.25) is 0 Å². The number of pyridine rings is 1. The Bertz CT molecular complexity index is 396. The molecule has 5 nitrogen and oxygen atoms in total. The number of nitrogens with zero attached hydrogens (tertiary/aromatic N) is 2. The van der Waals surface area contributed by atoms with E-state index in [9.17, 15) is 0 Å². The van der Waals surface area contributed by atoms with Gasteiger partial charge in [-0.25, -0.2) is 0 Å². The average molecular weight is 220 g/mol. The zero-order valence-electron chi connectivity index (χ0n) is 9.36. The number of anilines is 2. The zero-order valence-corrected chi connectivity index (χ0v) is 9.36. The normalized spacial score (nSPS) is 23.1. The Morgan fingerprint density at radius 1 is 1.44 bits per heavy atom. The summed E-state index contributed by atoms with van der Waals surface area (Å²) in [5, 5.41) is 6.82. The van der Waals surface area contributed by atoms with Crippen LogP contribution in [-0.4, -0.2) is 44.3 Å². The van der Waals surface area contributed by atoms with E-state index in [0.29, 0.717) is 11.9 Å². The van der Waals surface area contributed by atoms with Gasteiger partial charge < -0.3 is 20.3 Å². The van der Waals surface area contributed by atoms with Gasteiger partial charge in [0.05, 0.1) is 18.8 Å². The second-order valence-electron chi connectivity index (χ2n) is 4.16. The molecule has 1 aromatic rings. The van der Waals surface area contributed by atoms with Crippen molar-refractivity contribution < 1.29 is 4.74 Å². The van der Waals surface area contributed by atoms with Crippen molar-refractivity contribution >= 4 is 11.5 Å². The minimum atomic E-state index is 0.501. The molecule has 16 heavy (non-hydrogen) atoms. The van der Waals surface area contributed by atoms with Crippen LogP contribution >= 0.6 is 0 Å². The molecular weight excluding hydrogens is 204 g/mol. The quantitative estimate of drug-likeness (QED) is 0.712. The van der Waals surface area contributed by atoms with Crippen LogP contribution < -0.4 is 20.3 Å². The van der Waals surface area contributed by atoms with E-state index in [-0.39, 0.29) is 0 Å². The lowest BCUT2D eigenvalue weighted by molar-refractivity contribution is 0.395. The minimum Gasteiger partial charge on any atom is -0.481 e. The number of methoxy groups -OCH3 is 1. The summed E-state index contributed by atoms with van der Waals surface area (Å²) in [5.41, 5.74) is 1.11. The topological polar surface area (TPSA) is 49.4 Å². The van der Waals surface area contributed by atoms with Crippen LogP contribution in [0.3, 0.4) is 0 Å². The van der Waals surface area contributed by atoms with Crippen LogP contribution in [0, 0.1) is 0 Å². The van der Waals surface area contributed by atoms with Gasteiger partial charge in [-0.05, 0) is 6.07 Å². The fourth-order valence-electron chi connectivity index (χ4n) is 2.35. The maximum atomic E-state index is 5.18. The van der Waals surface area contributed by atoms with Gasteiger partial charge >= 0.3 is 0 Å². The molecule has 1 unspecified atom stereocenters. The third kappa shape index (κ3) is 1.48. The van der Waals surface area contributed by atoms with Gasteiger partial charge in [0.2, 0.25) is 5.88 Å². The predicted molar refractivity (Wildman–Crippen MR) is 63.3 cm³/mol. The summed E-state index contributed by atoms with van der Waals surface area (Å²) in [6, 6.07) is 4.44. The van der Waals surface area contributed by atoms with Crippen LogP contribution in [-0.2, 0) is 0 Å². The Balaban J connectivity index is 1.98. The minimum absolute atomic E-state index is 0.501. The molecule has 0 amide bonds. The molecule has 0 aliphatic carbocycles. The highest BCUT2D eigenvalue weighted by molar-refractivity contribution is 5.69. The smallest absolute Gasteiger partial charge is 0.215 e. The Labute approximate surface area is 94.8 Å². The molecule has 5 heteroatoms. The van der Waals surface area contributed by atoms with Crippen LogP contribution in [0.4, 0.5) is 11.5 Å². The van der Waals surface area contributed by atoms with E-state index in [1.807, 2.05) is 12.1 Å². The Morgan fingerprint density at radius 3 is 3.25 bits per heavy atom. The van der Waals surface area contributed by atoms with Gasteiger partial charge in [-0.1, -0.05) is 0 Å². The lowest BCUT2D eigenvalue weighted by atomic mass is 10.1. The maximum absolute atomic E-state index is 5.18.